The fourth-order valence-corrected chi connectivity index (χ4v) is 2.20. The molecule has 3 rings (SSSR count). The van der Waals surface area contributed by atoms with Crippen LogP contribution in [0.5, 0.6) is 11.5 Å². The molecule has 0 bridgehead atoms. The van der Waals surface area contributed by atoms with Gasteiger partial charge in [0.1, 0.15) is 5.82 Å². The number of aryl methyl sites for hydroxylation is 2. The van der Waals surface area contributed by atoms with Crippen LogP contribution >= 0.6 is 0 Å². The number of hydrogen-bond acceptors (Lipinski definition) is 5. The first kappa shape index (κ1) is 16.0. The topological polar surface area (TPSA) is 57.4 Å². The van der Waals surface area contributed by atoms with E-state index in [1.54, 1.807) is 26.2 Å². The molecule has 0 aliphatic carbocycles. The van der Waals surface area contributed by atoms with Gasteiger partial charge < -0.3 is 14.0 Å². The van der Waals surface area contributed by atoms with Gasteiger partial charge in [0.2, 0.25) is 5.82 Å². The van der Waals surface area contributed by atoms with E-state index >= 15 is 0 Å². The van der Waals surface area contributed by atoms with E-state index in [0.717, 1.165) is 5.56 Å². The van der Waals surface area contributed by atoms with E-state index in [1.807, 2.05) is 25.1 Å². The van der Waals surface area contributed by atoms with E-state index in [-0.39, 0.29) is 12.4 Å². The first-order chi connectivity index (χ1) is 11.6. The van der Waals surface area contributed by atoms with Crippen molar-refractivity contribution in [2.24, 2.45) is 0 Å². The van der Waals surface area contributed by atoms with Gasteiger partial charge in [-0.1, -0.05) is 23.4 Å². The predicted octanol–water partition coefficient (Wildman–Crippen LogP) is 4.08. The molecule has 24 heavy (non-hydrogen) atoms. The Balaban J connectivity index is 1.73. The molecular formula is C18H17FN2O3. The van der Waals surface area contributed by atoms with E-state index < -0.39 is 0 Å². The summed E-state index contributed by atoms with van der Waals surface area (Å²) in [5.74, 6) is 1.54. The number of benzene rings is 2. The van der Waals surface area contributed by atoms with Crippen molar-refractivity contribution in [3.05, 3.63) is 59.2 Å². The van der Waals surface area contributed by atoms with Gasteiger partial charge in [0.05, 0.1) is 7.11 Å². The third kappa shape index (κ3) is 3.37. The average molecular weight is 328 g/mol. The van der Waals surface area contributed by atoms with Gasteiger partial charge in [-0.2, -0.15) is 4.98 Å². The minimum atomic E-state index is -0.306. The van der Waals surface area contributed by atoms with Crippen molar-refractivity contribution in [1.29, 1.82) is 0 Å². The van der Waals surface area contributed by atoms with E-state index in [2.05, 4.69) is 10.1 Å². The van der Waals surface area contributed by atoms with Crippen molar-refractivity contribution >= 4 is 0 Å². The lowest BCUT2D eigenvalue weighted by Crippen LogP contribution is -1.98. The number of rotatable bonds is 5. The Morgan fingerprint density at radius 1 is 1.08 bits per heavy atom. The van der Waals surface area contributed by atoms with Crippen LogP contribution in [-0.4, -0.2) is 17.3 Å². The van der Waals surface area contributed by atoms with Gasteiger partial charge in [0, 0.05) is 5.56 Å². The van der Waals surface area contributed by atoms with E-state index in [9.17, 15) is 4.39 Å². The third-order valence-corrected chi connectivity index (χ3v) is 3.57. The largest absolute Gasteiger partial charge is 0.493 e. The van der Waals surface area contributed by atoms with Gasteiger partial charge in [0.25, 0.3) is 5.89 Å². The van der Waals surface area contributed by atoms with Crippen molar-refractivity contribution in [2.75, 3.05) is 7.11 Å². The van der Waals surface area contributed by atoms with Crippen LogP contribution in [-0.2, 0) is 6.61 Å². The highest BCUT2D eigenvalue weighted by molar-refractivity contribution is 5.54. The quantitative estimate of drug-likeness (QED) is 0.706. The summed E-state index contributed by atoms with van der Waals surface area (Å²) in [5.41, 5.74) is 2.19. The molecule has 0 saturated heterocycles. The molecule has 3 aromatic rings. The molecule has 6 heteroatoms. The fraction of sp³-hybridized carbons (Fsp3) is 0.222. The zero-order chi connectivity index (χ0) is 17.1. The van der Waals surface area contributed by atoms with E-state index in [1.165, 1.54) is 6.07 Å². The molecule has 0 aliphatic heterocycles. The second-order valence-corrected chi connectivity index (χ2v) is 5.42. The van der Waals surface area contributed by atoms with Crippen LogP contribution in [0.25, 0.3) is 11.4 Å². The van der Waals surface area contributed by atoms with Gasteiger partial charge >= 0.3 is 0 Å². The van der Waals surface area contributed by atoms with Crippen LogP contribution in [0.3, 0.4) is 0 Å². The number of aromatic nitrogens is 2. The Kier molecular flexibility index (Phi) is 4.46. The maximum Gasteiger partial charge on any atom is 0.264 e. The standard InChI is InChI=1S/C18H17FN2O3/c1-11-4-7-15(16(8-11)22-3)23-10-17-20-18(21-24-17)13-6-5-12(2)14(19)9-13/h4-9H,10H2,1-3H3. The van der Waals surface area contributed by atoms with Gasteiger partial charge in [-0.05, 0) is 43.2 Å². The molecule has 5 nitrogen and oxygen atoms in total. The lowest BCUT2D eigenvalue weighted by molar-refractivity contribution is 0.233. The molecule has 0 fully saturated rings. The third-order valence-electron chi connectivity index (χ3n) is 3.57. The normalized spacial score (nSPS) is 10.7. The monoisotopic (exact) mass is 328 g/mol. The highest BCUT2D eigenvalue weighted by Gasteiger charge is 2.12. The summed E-state index contributed by atoms with van der Waals surface area (Å²) in [6.45, 7) is 3.77. The number of hydrogen-bond donors (Lipinski definition) is 0. The summed E-state index contributed by atoms with van der Waals surface area (Å²) in [4.78, 5) is 4.23. The molecule has 0 saturated carbocycles. The number of ether oxygens (including phenoxy) is 2. The lowest BCUT2D eigenvalue weighted by atomic mass is 10.1. The predicted molar refractivity (Wildman–Crippen MR) is 86.5 cm³/mol. The summed E-state index contributed by atoms with van der Waals surface area (Å²) in [5, 5.41) is 3.86. The Hall–Kier alpha value is -2.89. The molecule has 1 heterocycles. The molecule has 0 N–H and O–H groups in total. The molecule has 0 unspecified atom stereocenters. The van der Waals surface area contributed by atoms with Gasteiger partial charge in [0.15, 0.2) is 18.1 Å². The summed E-state index contributed by atoms with van der Waals surface area (Å²) in [6.07, 6.45) is 0. The van der Waals surface area contributed by atoms with Crippen molar-refractivity contribution in [1.82, 2.24) is 10.1 Å². The average Bonchev–Trinajstić information content (AvgIpc) is 3.05. The smallest absolute Gasteiger partial charge is 0.264 e. The van der Waals surface area contributed by atoms with Gasteiger partial charge in [-0.25, -0.2) is 4.39 Å². The summed E-state index contributed by atoms with van der Waals surface area (Å²) >= 11 is 0. The number of halogens is 1. The summed E-state index contributed by atoms with van der Waals surface area (Å²) in [7, 11) is 1.58. The van der Waals surface area contributed by atoms with Crippen molar-refractivity contribution < 1.29 is 18.4 Å². The molecular weight excluding hydrogens is 311 g/mol. The molecule has 0 spiro atoms. The van der Waals surface area contributed by atoms with Gasteiger partial charge in [-0.3, -0.25) is 0 Å². The Morgan fingerprint density at radius 3 is 2.67 bits per heavy atom. The summed E-state index contributed by atoms with van der Waals surface area (Å²) in [6, 6.07) is 10.4. The van der Waals surface area contributed by atoms with E-state index in [0.29, 0.717) is 34.3 Å². The zero-order valence-corrected chi connectivity index (χ0v) is 13.7. The minimum absolute atomic E-state index is 0.0980. The van der Waals surface area contributed by atoms with Crippen LogP contribution in [0.1, 0.15) is 17.0 Å². The van der Waals surface area contributed by atoms with Crippen LogP contribution in [0.4, 0.5) is 4.39 Å². The van der Waals surface area contributed by atoms with Crippen molar-refractivity contribution in [3.63, 3.8) is 0 Å². The van der Waals surface area contributed by atoms with Crippen LogP contribution in [0.15, 0.2) is 40.9 Å². The Labute approximate surface area is 139 Å². The molecule has 2 aromatic carbocycles. The van der Waals surface area contributed by atoms with Gasteiger partial charge in [-0.15, -0.1) is 0 Å². The summed E-state index contributed by atoms with van der Waals surface area (Å²) < 4.78 is 29.7. The van der Waals surface area contributed by atoms with Crippen LogP contribution in [0.2, 0.25) is 0 Å². The number of methoxy groups -OCH3 is 1. The van der Waals surface area contributed by atoms with E-state index in [4.69, 9.17) is 14.0 Å². The first-order valence-electron chi connectivity index (χ1n) is 7.43. The SMILES string of the molecule is COc1cc(C)ccc1OCc1nc(-c2ccc(C)c(F)c2)no1. The van der Waals surface area contributed by atoms with Crippen molar-refractivity contribution in [3.8, 4) is 22.9 Å². The van der Waals surface area contributed by atoms with Crippen LogP contribution < -0.4 is 9.47 Å². The minimum Gasteiger partial charge on any atom is -0.493 e. The fourth-order valence-electron chi connectivity index (χ4n) is 2.20. The maximum absolute atomic E-state index is 13.6. The molecule has 124 valence electrons. The maximum atomic E-state index is 13.6. The molecule has 1 aromatic heterocycles. The van der Waals surface area contributed by atoms with Crippen LogP contribution in [0, 0.1) is 19.7 Å². The highest BCUT2D eigenvalue weighted by atomic mass is 19.1. The lowest BCUT2D eigenvalue weighted by Gasteiger charge is -2.09. The van der Waals surface area contributed by atoms with Crippen molar-refractivity contribution in [2.45, 2.75) is 20.5 Å². The number of nitrogens with zero attached hydrogens (tertiary/aromatic N) is 2. The second-order valence-electron chi connectivity index (χ2n) is 5.42. The highest BCUT2D eigenvalue weighted by Crippen LogP contribution is 2.28. The molecule has 0 atom stereocenters. The first-order valence-corrected chi connectivity index (χ1v) is 7.43. The molecule has 0 amide bonds. The Bertz CT molecular complexity index is 861. The zero-order valence-electron chi connectivity index (χ0n) is 13.7. The molecule has 0 radical (unpaired) electrons. The molecule has 0 aliphatic rings. The Morgan fingerprint density at radius 2 is 1.92 bits per heavy atom. The second kappa shape index (κ2) is 6.70.